The van der Waals surface area contributed by atoms with E-state index in [-0.39, 0.29) is 32.0 Å². The highest BCUT2D eigenvalue weighted by Crippen LogP contribution is 2.32. The molecule has 1 atom stereocenters. The van der Waals surface area contributed by atoms with Crippen molar-refractivity contribution in [3.05, 3.63) is 35.8 Å². The number of hydrogen-bond acceptors (Lipinski definition) is 4. The van der Waals surface area contributed by atoms with Gasteiger partial charge in [0.05, 0.1) is 12.7 Å². The molecule has 2 aliphatic heterocycles. The van der Waals surface area contributed by atoms with Gasteiger partial charge in [0.1, 0.15) is 11.3 Å². The largest absolute Gasteiger partial charge is 0.511 e. The minimum absolute atomic E-state index is 0.0876. The van der Waals surface area contributed by atoms with Crippen LogP contribution in [0.25, 0.3) is 5.65 Å². The first-order valence-corrected chi connectivity index (χ1v) is 9.97. The summed E-state index contributed by atoms with van der Waals surface area (Å²) in [6.45, 7) is -0.0896. The van der Waals surface area contributed by atoms with E-state index in [2.05, 4.69) is 4.98 Å². The number of hydrogen-bond donors (Lipinski definition) is 0. The molecular formula is C16H17F3N4O3S. The highest BCUT2D eigenvalue weighted by Gasteiger charge is 2.52. The third-order valence-corrected chi connectivity index (χ3v) is 6.76. The van der Waals surface area contributed by atoms with E-state index in [1.54, 1.807) is 16.5 Å². The van der Waals surface area contributed by atoms with Gasteiger partial charge in [0.25, 0.3) is 5.91 Å². The molecule has 1 amide bonds. The van der Waals surface area contributed by atoms with Crippen LogP contribution in [0.1, 0.15) is 35.4 Å². The van der Waals surface area contributed by atoms with Crippen molar-refractivity contribution in [3.8, 4) is 0 Å². The molecular weight excluding hydrogens is 385 g/mol. The summed E-state index contributed by atoms with van der Waals surface area (Å²) in [6.07, 6.45) is 2.69. The van der Waals surface area contributed by atoms with E-state index in [9.17, 15) is 26.4 Å². The first kappa shape index (κ1) is 18.2. The van der Waals surface area contributed by atoms with Gasteiger partial charge in [-0.25, -0.2) is 13.4 Å². The Morgan fingerprint density at radius 1 is 1.22 bits per heavy atom. The maximum absolute atomic E-state index is 13.0. The fourth-order valence-electron chi connectivity index (χ4n) is 3.82. The van der Waals surface area contributed by atoms with Crippen molar-refractivity contribution >= 4 is 21.6 Å². The van der Waals surface area contributed by atoms with Gasteiger partial charge in [-0.3, -0.25) is 9.20 Å². The number of imidazole rings is 1. The zero-order valence-corrected chi connectivity index (χ0v) is 15.0. The van der Waals surface area contributed by atoms with Gasteiger partial charge in [0.2, 0.25) is 0 Å². The second-order valence-electron chi connectivity index (χ2n) is 6.75. The van der Waals surface area contributed by atoms with E-state index in [4.69, 9.17) is 0 Å². The lowest BCUT2D eigenvalue weighted by molar-refractivity contribution is -0.0512. The molecule has 7 nitrogen and oxygen atoms in total. The fourth-order valence-corrected chi connectivity index (χ4v) is 5.02. The Labute approximate surface area is 153 Å². The van der Waals surface area contributed by atoms with E-state index in [1.165, 1.54) is 11.1 Å². The van der Waals surface area contributed by atoms with Gasteiger partial charge in [-0.1, -0.05) is 12.5 Å². The van der Waals surface area contributed by atoms with Crippen molar-refractivity contribution in [3.63, 3.8) is 0 Å². The van der Waals surface area contributed by atoms with Crippen molar-refractivity contribution in [2.75, 3.05) is 13.1 Å². The van der Waals surface area contributed by atoms with Crippen molar-refractivity contribution in [1.82, 2.24) is 18.6 Å². The number of aromatic nitrogens is 2. The average molecular weight is 402 g/mol. The Bertz CT molecular complexity index is 1000. The lowest BCUT2D eigenvalue weighted by Gasteiger charge is -2.38. The topological polar surface area (TPSA) is 75.0 Å². The molecule has 4 rings (SSSR count). The minimum Gasteiger partial charge on any atom is -0.330 e. The number of pyridine rings is 1. The third-order valence-electron chi connectivity index (χ3n) is 5.07. The average Bonchev–Trinajstić information content (AvgIpc) is 3.04. The molecule has 0 saturated carbocycles. The molecule has 1 fully saturated rings. The molecule has 1 saturated heterocycles. The predicted octanol–water partition coefficient (Wildman–Crippen LogP) is 1.99. The van der Waals surface area contributed by atoms with Crippen LogP contribution in [0.2, 0.25) is 0 Å². The maximum atomic E-state index is 13.0. The molecule has 2 aliphatic rings. The van der Waals surface area contributed by atoms with Gasteiger partial charge >= 0.3 is 15.5 Å². The van der Waals surface area contributed by atoms with Crippen LogP contribution < -0.4 is 0 Å². The Kier molecular flexibility index (Phi) is 4.18. The molecule has 0 aromatic carbocycles. The molecule has 0 spiro atoms. The number of amides is 1. The molecule has 0 N–H and O–H groups in total. The number of sulfonamides is 1. The van der Waals surface area contributed by atoms with Crippen molar-refractivity contribution in [2.24, 2.45) is 0 Å². The number of nitrogens with zero attached hydrogens (tertiary/aromatic N) is 4. The third kappa shape index (κ3) is 2.89. The minimum atomic E-state index is -5.43. The van der Waals surface area contributed by atoms with Gasteiger partial charge in [0.15, 0.2) is 0 Å². The van der Waals surface area contributed by atoms with E-state index in [0.29, 0.717) is 28.5 Å². The summed E-state index contributed by atoms with van der Waals surface area (Å²) in [5, 5.41) is 0. The van der Waals surface area contributed by atoms with Crippen molar-refractivity contribution in [2.45, 2.75) is 37.4 Å². The number of halogens is 3. The number of carbonyl (C=O) groups excluding carboxylic acids is 1. The first-order valence-electron chi connectivity index (χ1n) is 8.53. The summed E-state index contributed by atoms with van der Waals surface area (Å²) in [6, 6.07) is 4.46. The summed E-state index contributed by atoms with van der Waals surface area (Å²) in [4.78, 5) is 18.3. The van der Waals surface area contributed by atoms with Crippen LogP contribution in [0.4, 0.5) is 13.2 Å². The van der Waals surface area contributed by atoms with Gasteiger partial charge in [-0.2, -0.15) is 17.5 Å². The number of alkyl halides is 3. The van der Waals surface area contributed by atoms with E-state index in [1.807, 2.05) is 6.07 Å². The first-order chi connectivity index (χ1) is 12.7. The van der Waals surface area contributed by atoms with E-state index < -0.39 is 21.6 Å². The number of piperidine rings is 1. The Hall–Kier alpha value is -2.14. The molecule has 0 aliphatic carbocycles. The maximum Gasteiger partial charge on any atom is 0.511 e. The van der Waals surface area contributed by atoms with E-state index >= 15 is 0 Å². The quantitative estimate of drug-likeness (QED) is 0.787. The van der Waals surface area contributed by atoms with Gasteiger partial charge < -0.3 is 4.90 Å². The van der Waals surface area contributed by atoms with Gasteiger partial charge in [-0.15, -0.1) is 0 Å². The van der Waals surface area contributed by atoms with Crippen LogP contribution in [0, 0.1) is 0 Å². The highest BCUT2D eigenvalue weighted by atomic mass is 32.2. The molecule has 1 unspecified atom stereocenters. The molecule has 2 aromatic rings. The van der Waals surface area contributed by atoms with Crippen LogP contribution in [0.15, 0.2) is 24.4 Å². The molecule has 11 heteroatoms. The summed E-state index contributed by atoms with van der Waals surface area (Å²) >= 11 is 0. The SMILES string of the molecule is O=C1c2cnc3cccc(n23)CN1CC1CCCCN1S(=O)(=O)C(F)(F)F. The second kappa shape index (κ2) is 6.20. The predicted molar refractivity (Wildman–Crippen MR) is 89.3 cm³/mol. The number of carbonyl (C=O) groups is 1. The van der Waals surface area contributed by atoms with Gasteiger partial charge in [0, 0.05) is 24.8 Å². The van der Waals surface area contributed by atoms with Crippen LogP contribution in [-0.2, 0) is 16.6 Å². The van der Waals surface area contributed by atoms with E-state index in [0.717, 1.165) is 5.69 Å². The smallest absolute Gasteiger partial charge is 0.330 e. The highest BCUT2D eigenvalue weighted by molar-refractivity contribution is 7.90. The Morgan fingerprint density at radius 3 is 2.74 bits per heavy atom. The fraction of sp³-hybridized carbons (Fsp3) is 0.500. The van der Waals surface area contributed by atoms with Crippen LogP contribution in [-0.4, -0.2) is 57.6 Å². The lowest BCUT2D eigenvalue weighted by atomic mass is 10.0. The summed E-state index contributed by atoms with van der Waals surface area (Å²) in [5.41, 5.74) is -3.62. The zero-order chi connectivity index (χ0) is 19.4. The lowest BCUT2D eigenvalue weighted by Crippen LogP contribution is -2.54. The summed E-state index contributed by atoms with van der Waals surface area (Å²) in [7, 11) is -5.43. The standard InChI is InChI=1S/C16H17F3N4O3S/c17-16(18,19)27(25,26)22-7-2-1-4-11(22)9-21-10-12-5-3-6-14-20-8-13(15(21)24)23(12)14/h3,5-6,8,11H,1-2,4,7,9-10H2. The monoisotopic (exact) mass is 402 g/mol. The summed E-state index contributed by atoms with van der Waals surface area (Å²) in [5.74, 6) is -0.365. The zero-order valence-electron chi connectivity index (χ0n) is 14.2. The molecule has 2 aromatic heterocycles. The molecule has 27 heavy (non-hydrogen) atoms. The van der Waals surface area contributed by atoms with Crippen LogP contribution >= 0.6 is 0 Å². The Balaban J connectivity index is 1.62. The van der Waals surface area contributed by atoms with Crippen molar-refractivity contribution in [1.29, 1.82) is 0 Å². The van der Waals surface area contributed by atoms with Crippen molar-refractivity contribution < 1.29 is 26.4 Å². The van der Waals surface area contributed by atoms with Crippen LogP contribution in [0.5, 0.6) is 0 Å². The Morgan fingerprint density at radius 2 is 2.00 bits per heavy atom. The molecule has 146 valence electrons. The summed E-state index contributed by atoms with van der Waals surface area (Å²) < 4.78 is 65.2. The second-order valence-corrected chi connectivity index (χ2v) is 8.63. The van der Waals surface area contributed by atoms with Crippen LogP contribution in [0.3, 0.4) is 0 Å². The molecule has 4 heterocycles. The normalized spacial score (nSPS) is 21.8. The number of rotatable bonds is 3. The molecule has 0 bridgehead atoms. The molecule has 0 radical (unpaired) electrons. The van der Waals surface area contributed by atoms with Gasteiger partial charge in [-0.05, 0) is 25.0 Å².